The Morgan fingerprint density at radius 3 is 3.00 bits per heavy atom. The first-order valence-corrected chi connectivity index (χ1v) is 5.66. The Bertz CT molecular complexity index is 303. The molecule has 1 aromatic rings. The molecule has 84 valence electrons. The normalized spacial score (nSPS) is 20.4. The maximum absolute atomic E-state index is 5.72. The van der Waals surface area contributed by atoms with Crippen LogP contribution in [-0.2, 0) is 6.42 Å². The Balaban J connectivity index is 1.99. The summed E-state index contributed by atoms with van der Waals surface area (Å²) in [5.74, 6) is 2.30. The minimum absolute atomic E-state index is 0.138. The average molecular weight is 209 g/mol. The Morgan fingerprint density at radius 1 is 1.60 bits per heavy atom. The highest BCUT2D eigenvalue weighted by atomic mass is 16.4. The molecular formula is C11H19N3O. The molecular weight excluding hydrogens is 190 g/mol. The van der Waals surface area contributed by atoms with E-state index in [0.717, 1.165) is 44.0 Å². The van der Waals surface area contributed by atoms with Gasteiger partial charge in [-0.15, -0.1) is 0 Å². The van der Waals surface area contributed by atoms with Gasteiger partial charge in [-0.3, -0.25) is 0 Å². The molecule has 1 fully saturated rings. The number of piperidine rings is 1. The molecule has 0 radical (unpaired) electrons. The van der Waals surface area contributed by atoms with Gasteiger partial charge in [0.05, 0.1) is 6.20 Å². The predicted octanol–water partition coefficient (Wildman–Crippen LogP) is 1.03. The van der Waals surface area contributed by atoms with E-state index in [9.17, 15) is 0 Å². The number of nitrogens with zero attached hydrogens (tertiary/aromatic N) is 1. The molecule has 1 unspecified atom stereocenters. The summed E-state index contributed by atoms with van der Waals surface area (Å²) in [6.45, 7) is 4.11. The highest BCUT2D eigenvalue weighted by Crippen LogP contribution is 2.24. The number of rotatable bonds is 3. The Labute approximate surface area is 90.2 Å². The summed E-state index contributed by atoms with van der Waals surface area (Å²) in [4.78, 5) is 4.34. The highest BCUT2D eigenvalue weighted by molar-refractivity contribution is 5.01. The molecule has 1 aromatic heterocycles. The average Bonchev–Trinajstić information content (AvgIpc) is 2.67. The molecule has 1 atom stereocenters. The van der Waals surface area contributed by atoms with Gasteiger partial charge >= 0.3 is 0 Å². The monoisotopic (exact) mass is 209 g/mol. The van der Waals surface area contributed by atoms with Crippen LogP contribution < -0.4 is 11.1 Å². The summed E-state index contributed by atoms with van der Waals surface area (Å²) in [6, 6.07) is 0.138. The van der Waals surface area contributed by atoms with Crippen LogP contribution in [-0.4, -0.2) is 24.1 Å². The highest BCUT2D eigenvalue weighted by Gasteiger charge is 2.20. The van der Waals surface area contributed by atoms with Crippen molar-refractivity contribution in [3.05, 3.63) is 17.8 Å². The lowest BCUT2D eigenvalue weighted by atomic mass is 9.98. The van der Waals surface area contributed by atoms with Crippen LogP contribution >= 0.6 is 0 Å². The number of oxazole rings is 1. The maximum atomic E-state index is 5.72. The van der Waals surface area contributed by atoms with Crippen LogP contribution in [0.5, 0.6) is 0 Å². The molecule has 0 aliphatic carbocycles. The summed E-state index contributed by atoms with van der Waals surface area (Å²) >= 11 is 0. The minimum atomic E-state index is 0.138. The van der Waals surface area contributed by atoms with Crippen LogP contribution in [0.3, 0.4) is 0 Å². The van der Waals surface area contributed by atoms with Crippen molar-refractivity contribution >= 4 is 0 Å². The van der Waals surface area contributed by atoms with Gasteiger partial charge in [-0.1, -0.05) is 0 Å². The zero-order chi connectivity index (χ0) is 10.7. The third-order valence-corrected chi connectivity index (χ3v) is 2.78. The molecule has 1 aliphatic rings. The van der Waals surface area contributed by atoms with Gasteiger partial charge in [0.25, 0.3) is 0 Å². The van der Waals surface area contributed by atoms with E-state index in [1.165, 1.54) is 0 Å². The molecule has 4 heteroatoms. The molecule has 0 amide bonds. The third-order valence-electron chi connectivity index (χ3n) is 2.78. The summed E-state index contributed by atoms with van der Waals surface area (Å²) in [5, 5.41) is 3.33. The molecule has 2 rings (SSSR count). The number of hydrogen-bond donors (Lipinski definition) is 2. The number of hydrogen-bond acceptors (Lipinski definition) is 4. The van der Waals surface area contributed by atoms with Crippen molar-refractivity contribution in [1.29, 1.82) is 0 Å². The summed E-state index contributed by atoms with van der Waals surface area (Å²) < 4.78 is 5.72. The molecule has 0 bridgehead atoms. The van der Waals surface area contributed by atoms with E-state index < -0.39 is 0 Å². The van der Waals surface area contributed by atoms with E-state index in [0.29, 0.717) is 5.92 Å². The molecule has 1 aliphatic heterocycles. The summed E-state index contributed by atoms with van der Waals surface area (Å²) in [6.07, 6.45) is 4.84. The van der Waals surface area contributed by atoms with Crippen molar-refractivity contribution < 1.29 is 4.42 Å². The van der Waals surface area contributed by atoms with Gasteiger partial charge in [0.1, 0.15) is 5.76 Å². The lowest BCUT2D eigenvalue weighted by Crippen LogP contribution is -2.26. The van der Waals surface area contributed by atoms with Crippen molar-refractivity contribution in [3.8, 4) is 0 Å². The predicted molar refractivity (Wildman–Crippen MR) is 58.7 cm³/mol. The second-order valence-corrected chi connectivity index (χ2v) is 4.37. The molecule has 15 heavy (non-hydrogen) atoms. The summed E-state index contributed by atoms with van der Waals surface area (Å²) in [7, 11) is 0. The Morgan fingerprint density at radius 2 is 2.33 bits per heavy atom. The first-order valence-electron chi connectivity index (χ1n) is 5.66. The van der Waals surface area contributed by atoms with E-state index in [1.807, 2.05) is 13.1 Å². The zero-order valence-electron chi connectivity index (χ0n) is 9.20. The topological polar surface area (TPSA) is 64.1 Å². The Kier molecular flexibility index (Phi) is 3.38. The van der Waals surface area contributed by atoms with Crippen molar-refractivity contribution in [3.63, 3.8) is 0 Å². The molecule has 0 spiro atoms. The molecule has 0 aromatic carbocycles. The van der Waals surface area contributed by atoms with Crippen LogP contribution in [0.1, 0.15) is 37.3 Å². The van der Waals surface area contributed by atoms with Crippen molar-refractivity contribution in [2.75, 3.05) is 13.1 Å². The van der Waals surface area contributed by atoms with Gasteiger partial charge in [-0.25, -0.2) is 4.98 Å². The van der Waals surface area contributed by atoms with E-state index in [4.69, 9.17) is 10.2 Å². The number of nitrogens with two attached hydrogens (primary N) is 1. The second-order valence-electron chi connectivity index (χ2n) is 4.37. The summed E-state index contributed by atoms with van der Waals surface area (Å²) in [5.41, 5.74) is 5.71. The lowest BCUT2D eigenvalue weighted by Gasteiger charge is -2.19. The SMILES string of the molecule is CC(N)Cc1cnc(C2CCNCC2)o1. The molecule has 4 nitrogen and oxygen atoms in total. The lowest BCUT2D eigenvalue weighted by molar-refractivity contribution is 0.358. The largest absolute Gasteiger partial charge is 0.445 e. The van der Waals surface area contributed by atoms with Crippen LogP contribution in [0.25, 0.3) is 0 Å². The van der Waals surface area contributed by atoms with Gasteiger partial charge < -0.3 is 15.5 Å². The minimum Gasteiger partial charge on any atom is -0.445 e. The fourth-order valence-corrected chi connectivity index (χ4v) is 1.99. The Hall–Kier alpha value is -0.870. The van der Waals surface area contributed by atoms with E-state index in [-0.39, 0.29) is 6.04 Å². The van der Waals surface area contributed by atoms with E-state index in [1.54, 1.807) is 0 Å². The molecule has 0 saturated carbocycles. The zero-order valence-corrected chi connectivity index (χ0v) is 9.20. The molecule has 1 saturated heterocycles. The van der Waals surface area contributed by atoms with E-state index in [2.05, 4.69) is 10.3 Å². The standard InChI is InChI=1S/C11H19N3O/c1-8(12)6-10-7-14-11(15-10)9-2-4-13-5-3-9/h7-9,13H,2-6,12H2,1H3. The second kappa shape index (κ2) is 4.77. The maximum Gasteiger partial charge on any atom is 0.197 e. The van der Waals surface area contributed by atoms with Crippen molar-refractivity contribution in [2.45, 2.75) is 38.1 Å². The molecule has 2 heterocycles. The van der Waals surface area contributed by atoms with Crippen LogP contribution in [0.2, 0.25) is 0 Å². The van der Waals surface area contributed by atoms with Crippen molar-refractivity contribution in [1.82, 2.24) is 10.3 Å². The first-order chi connectivity index (χ1) is 7.25. The van der Waals surface area contributed by atoms with Gasteiger partial charge in [0, 0.05) is 18.4 Å². The van der Waals surface area contributed by atoms with E-state index >= 15 is 0 Å². The van der Waals surface area contributed by atoms with Gasteiger partial charge in [-0.05, 0) is 32.9 Å². The van der Waals surface area contributed by atoms with Crippen LogP contribution in [0.15, 0.2) is 10.6 Å². The molecule has 3 N–H and O–H groups in total. The fourth-order valence-electron chi connectivity index (χ4n) is 1.99. The smallest absolute Gasteiger partial charge is 0.197 e. The van der Waals surface area contributed by atoms with Crippen LogP contribution in [0, 0.1) is 0 Å². The fraction of sp³-hybridized carbons (Fsp3) is 0.727. The first kappa shape index (κ1) is 10.6. The van der Waals surface area contributed by atoms with Gasteiger partial charge in [0.15, 0.2) is 5.89 Å². The number of aromatic nitrogens is 1. The third kappa shape index (κ3) is 2.79. The quantitative estimate of drug-likeness (QED) is 0.780. The van der Waals surface area contributed by atoms with Gasteiger partial charge in [0.2, 0.25) is 0 Å². The van der Waals surface area contributed by atoms with Crippen LogP contribution in [0.4, 0.5) is 0 Å². The van der Waals surface area contributed by atoms with Gasteiger partial charge in [-0.2, -0.15) is 0 Å². The van der Waals surface area contributed by atoms with Crippen molar-refractivity contribution in [2.24, 2.45) is 5.73 Å². The number of nitrogens with one attached hydrogen (secondary N) is 1.